The molecule has 0 aliphatic carbocycles. The third-order valence-electron chi connectivity index (χ3n) is 5.38. The Balaban J connectivity index is 1.78. The zero-order valence-electron chi connectivity index (χ0n) is 18.1. The van der Waals surface area contributed by atoms with Crippen LogP contribution in [0.15, 0.2) is 78.5 Å². The number of nitrogens with zero attached hydrogens (tertiary/aromatic N) is 1. The van der Waals surface area contributed by atoms with Gasteiger partial charge in [-0.15, -0.1) is 0 Å². The van der Waals surface area contributed by atoms with Gasteiger partial charge in [0.05, 0.1) is 18.4 Å². The van der Waals surface area contributed by atoms with E-state index in [-0.39, 0.29) is 5.70 Å². The summed E-state index contributed by atoms with van der Waals surface area (Å²) in [6.45, 7) is 4.24. The summed E-state index contributed by atoms with van der Waals surface area (Å²) in [6, 6.07) is 21.6. The summed E-state index contributed by atoms with van der Waals surface area (Å²) in [5.41, 5.74) is 3.47. The fraction of sp³-hybridized carbons (Fsp3) is 0.154. The molecule has 5 nitrogen and oxygen atoms in total. The summed E-state index contributed by atoms with van der Waals surface area (Å²) in [4.78, 5) is 28.0. The van der Waals surface area contributed by atoms with Gasteiger partial charge in [-0.2, -0.15) is 0 Å². The Kier molecular flexibility index (Phi) is 6.01. The second-order valence-electron chi connectivity index (χ2n) is 7.81. The Bertz CT molecular complexity index is 1200. The number of nitrogens with one attached hydrogen (secondary N) is 1. The minimum atomic E-state index is -0.434. The number of amides is 2. The number of carbonyl (C=O) groups is 2. The van der Waals surface area contributed by atoms with Gasteiger partial charge in [-0.3, -0.25) is 9.59 Å². The molecule has 4 rings (SSSR count). The molecule has 0 saturated carbocycles. The summed E-state index contributed by atoms with van der Waals surface area (Å²) in [6.07, 6.45) is 0. The first-order valence-corrected chi connectivity index (χ1v) is 10.7. The van der Waals surface area contributed by atoms with Crippen molar-refractivity contribution in [3.05, 3.63) is 94.6 Å². The quantitative estimate of drug-likeness (QED) is 0.481. The van der Waals surface area contributed by atoms with E-state index in [2.05, 4.69) is 19.2 Å². The summed E-state index contributed by atoms with van der Waals surface area (Å²) < 4.78 is 5.23. The van der Waals surface area contributed by atoms with Crippen LogP contribution in [0, 0.1) is 0 Å². The predicted molar refractivity (Wildman–Crippen MR) is 128 cm³/mol. The fourth-order valence-corrected chi connectivity index (χ4v) is 3.80. The number of benzene rings is 3. The Morgan fingerprint density at radius 3 is 2.19 bits per heavy atom. The van der Waals surface area contributed by atoms with Crippen LogP contribution in [-0.2, 0) is 9.59 Å². The molecule has 0 unspecified atom stereocenters. The monoisotopic (exact) mass is 446 g/mol. The largest absolute Gasteiger partial charge is 0.497 e. The van der Waals surface area contributed by atoms with E-state index in [9.17, 15) is 9.59 Å². The number of methoxy groups -OCH3 is 1. The highest BCUT2D eigenvalue weighted by molar-refractivity contribution is 6.46. The molecule has 0 aromatic heterocycles. The molecule has 3 aromatic carbocycles. The first kappa shape index (κ1) is 21.7. The molecule has 32 heavy (non-hydrogen) atoms. The molecule has 6 heteroatoms. The van der Waals surface area contributed by atoms with Gasteiger partial charge < -0.3 is 10.1 Å². The van der Waals surface area contributed by atoms with Crippen LogP contribution in [0.25, 0.3) is 5.57 Å². The molecule has 0 radical (unpaired) electrons. The van der Waals surface area contributed by atoms with Crippen LogP contribution in [0.2, 0.25) is 5.02 Å². The minimum Gasteiger partial charge on any atom is -0.497 e. The molecule has 1 aliphatic heterocycles. The van der Waals surface area contributed by atoms with E-state index in [0.717, 1.165) is 10.6 Å². The van der Waals surface area contributed by atoms with Crippen molar-refractivity contribution in [3.63, 3.8) is 0 Å². The summed E-state index contributed by atoms with van der Waals surface area (Å²) in [5.74, 6) is 0.211. The number of ether oxygens (including phenoxy) is 1. The van der Waals surface area contributed by atoms with Crippen molar-refractivity contribution >= 4 is 40.4 Å². The van der Waals surface area contributed by atoms with E-state index >= 15 is 0 Å². The van der Waals surface area contributed by atoms with Crippen LogP contribution >= 0.6 is 11.6 Å². The highest BCUT2D eigenvalue weighted by Crippen LogP contribution is 2.35. The Morgan fingerprint density at radius 1 is 0.906 bits per heavy atom. The van der Waals surface area contributed by atoms with Gasteiger partial charge in [-0.05, 0) is 59.5 Å². The normalized spacial score (nSPS) is 13.8. The van der Waals surface area contributed by atoms with E-state index < -0.39 is 11.8 Å². The first-order chi connectivity index (χ1) is 15.4. The summed E-state index contributed by atoms with van der Waals surface area (Å²) in [5, 5.41) is 3.63. The van der Waals surface area contributed by atoms with Gasteiger partial charge in [0.1, 0.15) is 11.4 Å². The second kappa shape index (κ2) is 8.89. The standard InChI is InChI=1S/C26H23ClN2O3/c1-16(2)17-7-11-20(12-8-17)28-24-23(18-9-13-22(32-3)14-10-18)25(30)29(26(24)31)21-6-4-5-19(27)15-21/h4-16,28H,1-3H3. The lowest BCUT2D eigenvalue weighted by atomic mass is 10.0. The van der Waals surface area contributed by atoms with Crippen LogP contribution in [0.4, 0.5) is 11.4 Å². The molecular formula is C26H23ClN2O3. The maximum atomic E-state index is 13.5. The summed E-state index contributed by atoms with van der Waals surface area (Å²) in [7, 11) is 1.58. The van der Waals surface area contributed by atoms with Crippen molar-refractivity contribution in [3.8, 4) is 5.75 Å². The molecule has 0 atom stereocenters. The van der Waals surface area contributed by atoms with Gasteiger partial charge in [0.25, 0.3) is 11.8 Å². The van der Waals surface area contributed by atoms with E-state index in [0.29, 0.717) is 33.5 Å². The maximum Gasteiger partial charge on any atom is 0.282 e. The van der Waals surface area contributed by atoms with Gasteiger partial charge in [0.2, 0.25) is 0 Å². The van der Waals surface area contributed by atoms with Crippen LogP contribution in [0.5, 0.6) is 5.75 Å². The van der Waals surface area contributed by atoms with Gasteiger partial charge in [-0.25, -0.2) is 4.90 Å². The van der Waals surface area contributed by atoms with Crippen LogP contribution in [-0.4, -0.2) is 18.9 Å². The fourth-order valence-electron chi connectivity index (χ4n) is 3.62. The third-order valence-corrected chi connectivity index (χ3v) is 5.61. The van der Waals surface area contributed by atoms with E-state index in [1.807, 2.05) is 24.3 Å². The maximum absolute atomic E-state index is 13.5. The molecular weight excluding hydrogens is 424 g/mol. The van der Waals surface area contributed by atoms with Crippen LogP contribution in [0.1, 0.15) is 30.9 Å². The van der Waals surface area contributed by atoms with Crippen molar-refractivity contribution in [1.82, 2.24) is 0 Å². The molecule has 3 aromatic rings. The highest BCUT2D eigenvalue weighted by atomic mass is 35.5. The average Bonchev–Trinajstić information content (AvgIpc) is 3.03. The Hall–Kier alpha value is -3.57. The van der Waals surface area contributed by atoms with Crippen molar-refractivity contribution in [1.29, 1.82) is 0 Å². The number of carbonyl (C=O) groups excluding carboxylic acids is 2. The lowest BCUT2D eigenvalue weighted by Crippen LogP contribution is -2.32. The highest BCUT2D eigenvalue weighted by Gasteiger charge is 2.40. The van der Waals surface area contributed by atoms with Crippen LogP contribution < -0.4 is 15.0 Å². The van der Waals surface area contributed by atoms with E-state index in [1.54, 1.807) is 55.6 Å². The van der Waals surface area contributed by atoms with Gasteiger partial charge in [0.15, 0.2) is 0 Å². The molecule has 0 fully saturated rings. The number of halogens is 1. The number of anilines is 2. The molecule has 0 bridgehead atoms. The molecule has 1 aliphatic rings. The smallest absolute Gasteiger partial charge is 0.282 e. The second-order valence-corrected chi connectivity index (χ2v) is 8.24. The lowest BCUT2D eigenvalue weighted by molar-refractivity contribution is -0.120. The molecule has 0 saturated heterocycles. The molecule has 1 heterocycles. The zero-order valence-corrected chi connectivity index (χ0v) is 18.8. The predicted octanol–water partition coefficient (Wildman–Crippen LogP) is 5.87. The minimum absolute atomic E-state index is 0.220. The first-order valence-electron chi connectivity index (χ1n) is 10.3. The number of hydrogen-bond acceptors (Lipinski definition) is 4. The Morgan fingerprint density at radius 2 is 1.59 bits per heavy atom. The zero-order chi connectivity index (χ0) is 22.8. The molecule has 2 amide bonds. The number of imide groups is 1. The van der Waals surface area contributed by atoms with Crippen molar-refractivity contribution < 1.29 is 14.3 Å². The topological polar surface area (TPSA) is 58.6 Å². The van der Waals surface area contributed by atoms with E-state index in [4.69, 9.17) is 16.3 Å². The lowest BCUT2D eigenvalue weighted by Gasteiger charge is -2.16. The Labute approximate surface area is 192 Å². The number of rotatable bonds is 6. The number of hydrogen-bond donors (Lipinski definition) is 1. The molecule has 1 N–H and O–H groups in total. The van der Waals surface area contributed by atoms with Crippen LogP contribution in [0.3, 0.4) is 0 Å². The molecule has 0 spiro atoms. The average molecular weight is 447 g/mol. The van der Waals surface area contributed by atoms with Crippen molar-refractivity contribution in [2.24, 2.45) is 0 Å². The third kappa shape index (κ3) is 4.12. The van der Waals surface area contributed by atoms with Gasteiger partial charge in [0, 0.05) is 10.7 Å². The summed E-state index contributed by atoms with van der Waals surface area (Å²) >= 11 is 6.12. The molecule has 162 valence electrons. The van der Waals surface area contributed by atoms with Gasteiger partial charge >= 0.3 is 0 Å². The van der Waals surface area contributed by atoms with E-state index in [1.165, 1.54) is 5.56 Å². The van der Waals surface area contributed by atoms with Crippen molar-refractivity contribution in [2.45, 2.75) is 19.8 Å². The SMILES string of the molecule is COc1ccc(C2=C(Nc3ccc(C(C)C)cc3)C(=O)N(c3cccc(Cl)c3)C2=O)cc1. The van der Waals surface area contributed by atoms with Gasteiger partial charge in [-0.1, -0.05) is 55.8 Å². The van der Waals surface area contributed by atoms with Crippen molar-refractivity contribution in [2.75, 3.05) is 17.3 Å².